The zero-order valence-corrected chi connectivity index (χ0v) is 11.9. The van der Waals surface area contributed by atoms with Crippen molar-refractivity contribution < 1.29 is 8.42 Å². The number of anilines is 1. The van der Waals surface area contributed by atoms with Crippen molar-refractivity contribution in [3.8, 4) is 0 Å². The quantitative estimate of drug-likeness (QED) is 0.830. The molecule has 6 heteroatoms. The van der Waals surface area contributed by atoms with Gasteiger partial charge in [-0.15, -0.1) is 0 Å². The van der Waals surface area contributed by atoms with Crippen LogP contribution in [-0.4, -0.2) is 33.5 Å². The molecule has 0 aromatic heterocycles. The van der Waals surface area contributed by atoms with E-state index in [-0.39, 0.29) is 4.90 Å². The molecule has 0 spiro atoms. The van der Waals surface area contributed by atoms with E-state index in [1.807, 2.05) is 0 Å². The highest BCUT2D eigenvalue weighted by Gasteiger charge is 2.10. The number of hydrogen-bond donors (Lipinski definition) is 2. The van der Waals surface area contributed by atoms with Crippen LogP contribution >= 0.6 is 11.8 Å². The molecule has 1 aromatic rings. The normalized spacial score (nSPS) is 13.4. The second kappa shape index (κ2) is 6.28. The van der Waals surface area contributed by atoms with Gasteiger partial charge in [-0.3, -0.25) is 0 Å². The van der Waals surface area contributed by atoms with E-state index in [9.17, 15) is 8.42 Å². The summed E-state index contributed by atoms with van der Waals surface area (Å²) in [5.74, 6) is 1.01. The Morgan fingerprint density at radius 3 is 2.35 bits per heavy atom. The van der Waals surface area contributed by atoms with Gasteiger partial charge in [0.05, 0.1) is 4.90 Å². The first-order chi connectivity index (χ1) is 7.99. The van der Waals surface area contributed by atoms with Crippen LogP contribution < -0.4 is 10.0 Å². The molecule has 0 heterocycles. The van der Waals surface area contributed by atoms with Crippen LogP contribution in [-0.2, 0) is 10.0 Å². The van der Waals surface area contributed by atoms with Crippen molar-refractivity contribution in [2.45, 2.75) is 17.9 Å². The van der Waals surface area contributed by atoms with Gasteiger partial charge in [0, 0.05) is 17.5 Å². The van der Waals surface area contributed by atoms with E-state index in [0.29, 0.717) is 6.04 Å². The molecule has 0 aliphatic rings. The second-order valence-corrected chi connectivity index (χ2v) is 6.53. The lowest BCUT2D eigenvalue weighted by Crippen LogP contribution is -2.19. The van der Waals surface area contributed by atoms with Crippen molar-refractivity contribution in [1.82, 2.24) is 4.72 Å². The molecule has 0 amide bonds. The van der Waals surface area contributed by atoms with Crippen LogP contribution in [0, 0.1) is 0 Å². The second-order valence-electron chi connectivity index (χ2n) is 3.73. The lowest BCUT2D eigenvalue weighted by molar-refractivity contribution is 0.588. The highest BCUT2D eigenvalue weighted by Crippen LogP contribution is 2.15. The summed E-state index contributed by atoms with van der Waals surface area (Å²) in [6.07, 6.45) is 2.06. The van der Waals surface area contributed by atoms with Crippen molar-refractivity contribution in [1.29, 1.82) is 0 Å². The third-order valence-corrected chi connectivity index (χ3v) is 4.53. The van der Waals surface area contributed by atoms with Gasteiger partial charge in [-0.2, -0.15) is 11.8 Å². The molecule has 17 heavy (non-hydrogen) atoms. The number of thioether (sulfide) groups is 1. The van der Waals surface area contributed by atoms with E-state index < -0.39 is 10.0 Å². The minimum absolute atomic E-state index is 0.281. The smallest absolute Gasteiger partial charge is 0.240 e. The Morgan fingerprint density at radius 2 is 1.88 bits per heavy atom. The zero-order valence-electron chi connectivity index (χ0n) is 10.2. The average Bonchev–Trinajstić information content (AvgIpc) is 2.30. The molecule has 0 radical (unpaired) electrons. The molecule has 0 aliphatic carbocycles. The maximum absolute atomic E-state index is 11.5. The van der Waals surface area contributed by atoms with Crippen molar-refractivity contribution in [2.24, 2.45) is 0 Å². The number of rotatable bonds is 6. The topological polar surface area (TPSA) is 58.2 Å². The Morgan fingerprint density at radius 1 is 1.29 bits per heavy atom. The zero-order chi connectivity index (χ0) is 12.9. The molecule has 1 unspecified atom stereocenters. The van der Waals surface area contributed by atoms with Crippen LogP contribution in [0.5, 0.6) is 0 Å². The van der Waals surface area contributed by atoms with Crippen LogP contribution in [0.1, 0.15) is 6.92 Å². The van der Waals surface area contributed by atoms with Crippen molar-refractivity contribution >= 4 is 27.5 Å². The Bertz CT molecular complexity index is 443. The molecule has 1 atom stereocenters. The van der Waals surface area contributed by atoms with E-state index in [2.05, 4.69) is 23.2 Å². The first-order valence-electron chi connectivity index (χ1n) is 5.28. The van der Waals surface area contributed by atoms with Gasteiger partial charge in [-0.05, 0) is 44.5 Å². The monoisotopic (exact) mass is 274 g/mol. The largest absolute Gasteiger partial charge is 0.382 e. The molecular weight excluding hydrogens is 256 g/mol. The standard InChI is InChI=1S/C11H18N2O2S2/c1-9(8-16-3)13-10-4-6-11(7-5-10)17(14,15)12-2/h4-7,9,12-13H,8H2,1-3H3. The van der Waals surface area contributed by atoms with Gasteiger partial charge in [-0.1, -0.05) is 0 Å². The van der Waals surface area contributed by atoms with Gasteiger partial charge in [0.25, 0.3) is 0 Å². The predicted octanol–water partition coefficient (Wildman–Crippen LogP) is 1.76. The third kappa shape index (κ3) is 4.22. The minimum atomic E-state index is -3.34. The van der Waals surface area contributed by atoms with Crippen LogP contribution in [0.2, 0.25) is 0 Å². The molecule has 2 N–H and O–H groups in total. The molecule has 0 saturated carbocycles. The Labute approximate surface area is 107 Å². The molecule has 0 saturated heterocycles. The van der Waals surface area contributed by atoms with Crippen LogP contribution in [0.3, 0.4) is 0 Å². The highest BCUT2D eigenvalue weighted by molar-refractivity contribution is 7.98. The van der Waals surface area contributed by atoms with Crippen LogP contribution in [0.25, 0.3) is 0 Å². The fourth-order valence-corrected chi connectivity index (χ4v) is 2.74. The van der Waals surface area contributed by atoms with Gasteiger partial charge >= 0.3 is 0 Å². The SMILES string of the molecule is CNS(=O)(=O)c1ccc(NC(C)CSC)cc1. The molecule has 0 bridgehead atoms. The van der Waals surface area contributed by atoms with Crippen molar-refractivity contribution in [2.75, 3.05) is 24.4 Å². The summed E-state index contributed by atoms with van der Waals surface area (Å²) in [4.78, 5) is 0.281. The summed E-state index contributed by atoms with van der Waals surface area (Å²) in [7, 11) is -1.93. The van der Waals surface area contributed by atoms with E-state index in [1.165, 1.54) is 7.05 Å². The number of sulfonamides is 1. The Balaban J connectivity index is 2.75. The first kappa shape index (κ1) is 14.3. The van der Waals surface area contributed by atoms with Gasteiger partial charge in [0.2, 0.25) is 10.0 Å². The number of nitrogens with one attached hydrogen (secondary N) is 2. The van der Waals surface area contributed by atoms with Crippen LogP contribution in [0.4, 0.5) is 5.69 Å². The third-order valence-electron chi connectivity index (χ3n) is 2.26. The molecule has 1 rings (SSSR count). The fraction of sp³-hybridized carbons (Fsp3) is 0.455. The molecule has 1 aromatic carbocycles. The molecule has 0 fully saturated rings. The number of benzene rings is 1. The fourth-order valence-electron chi connectivity index (χ4n) is 1.42. The van der Waals surface area contributed by atoms with Gasteiger partial charge in [0.1, 0.15) is 0 Å². The summed E-state index contributed by atoms with van der Waals surface area (Å²) >= 11 is 1.77. The van der Waals surface area contributed by atoms with Crippen molar-refractivity contribution in [3.63, 3.8) is 0 Å². The van der Waals surface area contributed by atoms with Gasteiger partial charge in [-0.25, -0.2) is 13.1 Å². The van der Waals surface area contributed by atoms with E-state index in [0.717, 1.165) is 11.4 Å². The van der Waals surface area contributed by atoms with Gasteiger partial charge in [0.15, 0.2) is 0 Å². The van der Waals surface area contributed by atoms with Crippen molar-refractivity contribution in [3.05, 3.63) is 24.3 Å². The highest BCUT2D eigenvalue weighted by atomic mass is 32.2. The summed E-state index contributed by atoms with van der Waals surface area (Å²) in [5, 5.41) is 3.30. The molecular formula is C11H18N2O2S2. The Kier molecular flexibility index (Phi) is 5.30. The lowest BCUT2D eigenvalue weighted by atomic mass is 10.3. The lowest BCUT2D eigenvalue weighted by Gasteiger charge is -2.14. The van der Waals surface area contributed by atoms with Gasteiger partial charge < -0.3 is 5.32 Å². The summed E-state index contributed by atoms with van der Waals surface area (Å²) in [6.45, 7) is 2.09. The maximum atomic E-state index is 11.5. The predicted molar refractivity (Wildman–Crippen MR) is 74.2 cm³/mol. The number of hydrogen-bond acceptors (Lipinski definition) is 4. The van der Waals surface area contributed by atoms with Crippen LogP contribution in [0.15, 0.2) is 29.2 Å². The average molecular weight is 274 g/mol. The molecule has 0 aliphatic heterocycles. The first-order valence-corrected chi connectivity index (χ1v) is 8.16. The molecule has 4 nitrogen and oxygen atoms in total. The maximum Gasteiger partial charge on any atom is 0.240 e. The van der Waals surface area contributed by atoms with E-state index in [1.54, 1.807) is 36.0 Å². The molecule has 96 valence electrons. The van der Waals surface area contributed by atoms with E-state index >= 15 is 0 Å². The summed E-state index contributed by atoms with van der Waals surface area (Å²) in [5.41, 5.74) is 0.932. The summed E-state index contributed by atoms with van der Waals surface area (Å²) in [6, 6.07) is 7.11. The van der Waals surface area contributed by atoms with E-state index in [4.69, 9.17) is 0 Å². The summed E-state index contributed by atoms with van der Waals surface area (Å²) < 4.78 is 25.3. The minimum Gasteiger partial charge on any atom is -0.382 e. The Hall–Kier alpha value is -0.720.